The summed E-state index contributed by atoms with van der Waals surface area (Å²) in [5.41, 5.74) is 2.68. The molecule has 0 amide bonds. The quantitative estimate of drug-likeness (QED) is 0.745. The predicted octanol–water partition coefficient (Wildman–Crippen LogP) is 3.82. The van der Waals surface area contributed by atoms with Gasteiger partial charge in [0.25, 0.3) is 0 Å². The first kappa shape index (κ1) is 11.8. The zero-order valence-electron chi connectivity index (χ0n) is 9.74. The molecule has 0 aromatic heterocycles. The van der Waals surface area contributed by atoms with Gasteiger partial charge in [0, 0.05) is 32.6 Å². The number of fused-ring (bicyclic) bond motifs is 5. The third-order valence-corrected chi connectivity index (χ3v) is 7.09. The lowest BCUT2D eigenvalue weighted by atomic mass is 9.90. The van der Waals surface area contributed by atoms with Crippen molar-refractivity contribution in [3.05, 3.63) is 23.3 Å². The number of ether oxygens (including phenoxy) is 2. The molecular formula is C13H14Br2O2. The van der Waals surface area contributed by atoms with E-state index in [0.717, 1.165) is 11.5 Å². The van der Waals surface area contributed by atoms with Gasteiger partial charge >= 0.3 is 0 Å². The highest BCUT2D eigenvalue weighted by Crippen LogP contribution is 2.62. The van der Waals surface area contributed by atoms with Gasteiger partial charge in [-0.1, -0.05) is 31.9 Å². The maximum absolute atomic E-state index is 5.50. The predicted molar refractivity (Wildman–Crippen MR) is 75.1 cm³/mol. The zero-order valence-corrected chi connectivity index (χ0v) is 12.9. The zero-order chi connectivity index (χ0) is 12.2. The molecule has 0 spiro atoms. The van der Waals surface area contributed by atoms with Crippen molar-refractivity contribution in [2.75, 3.05) is 14.2 Å². The summed E-state index contributed by atoms with van der Waals surface area (Å²) in [6, 6.07) is 4.03. The van der Waals surface area contributed by atoms with E-state index in [1.807, 2.05) is 12.1 Å². The average molecular weight is 362 g/mol. The van der Waals surface area contributed by atoms with Crippen molar-refractivity contribution in [2.24, 2.45) is 0 Å². The van der Waals surface area contributed by atoms with E-state index in [2.05, 4.69) is 31.9 Å². The van der Waals surface area contributed by atoms with E-state index < -0.39 is 0 Å². The lowest BCUT2D eigenvalue weighted by Crippen LogP contribution is -2.22. The Bertz CT molecular complexity index is 420. The van der Waals surface area contributed by atoms with Gasteiger partial charge in [-0.2, -0.15) is 0 Å². The largest absolute Gasteiger partial charge is 0.496 e. The number of hydrogen-bond donors (Lipinski definition) is 0. The summed E-state index contributed by atoms with van der Waals surface area (Å²) < 4.78 is 11.0. The summed E-state index contributed by atoms with van der Waals surface area (Å²) in [5, 5.41) is 0. The van der Waals surface area contributed by atoms with Crippen LogP contribution in [0.5, 0.6) is 11.5 Å². The van der Waals surface area contributed by atoms with Crippen LogP contribution in [0.1, 0.15) is 29.4 Å². The summed E-state index contributed by atoms with van der Waals surface area (Å²) in [5.74, 6) is 3.06. The molecule has 0 heterocycles. The smallest absolute Gasteiger partial charge is 0.122 e. The second kappa shape index (κ2) is 4.16. The molecule has 1 aromatic carbocycles. The maximum atomic E-state index is 5.50. The molecule has 0 N–H and O–H groups in total. The number of methoxy groups -OCH3 is 2. The third-order valence-electron chi connectivity index (χ3n) is 3.97. The molecule has 4 heteroatoms. The van der Waals surface area contributed by atoms with Gasteiger partial charge in [-0.25, -0.2) is 0 Å². The van der Waals surface area contributed by atoms with E-state index in [-0.39, 0.29) is 0 Å². The Labute approximate surface area is 118 Å². The van der Waals surface area contributed by atoms with Gasteiger partial charge < -0.3 is 9.47 Å². The van der Waals surface area contributed by atoms with E-state index in [1.165, 1.54) is 17.5 Å². The van der Waals surface area contributed by atoms with Crippen molar-refractivity contribution in [1.82, 2.24) is 0 Å². The molecule has 2 aliphatic rings. The molecule has 92 valence electrons. The molecular weight excluding hydrogens is 348 g/mol. The number of alkyl halides is 2. The van der Waals surface area contributed by atoms with Gasteiger partial charge in [-0.3, -0.25) is 0 Å². The van der Waals surface area contributed by atoms with Crippen LogP contribution in [0.4, 0.5) is 0 Å². The van der Waals surface area contributed by atoms with E-state index in [1.54, 1.807) is 14.2 Å². The maximum Gasteiger partial charge on any atom is 0.122 e. The molecule has 2 nitrogen and oxygen atoms in total. The number of benzene rings is 1. The third kappa shape index (κ3) is 1.49. The summed E-state index contributed by atoms with van der Waals surface area (Å²) >= 11 is 7.59. The van der Waals surface area contributed by atoms with Crippen LogP contribution < -0.4 is 9.47 Å². The molecule has 0 unspecified atom stereocenters. The lowest BCUT2D eigenvalue weighted by molar-refractivity contribution is 0.392. The lowest BCUT2D eigenvalue weighted by Gasteiger charge is -2.27. The van der Waals surface area contributed by atoms with Crippen molar-refractivity contribution in [3.8, 4) is 11.5 Å². The van der Waals surface area contributed by atoms with Crippen molar-refractivity contribution >= 4 is 31.9 Å². The SMILES string of the molecule is COc1ccc(OC)c2c1[C@H]1C[C@@H]2[C@H](Br)[C@@H]1Br. The fraction of sp³-hybridized carbons (Fsp3) is 0.538. The minimum atomic E-state index is 0.487. The van der Waals surface area contributed by atoms with Crippen LogP contribution in [0.25, 0.3) is 0 Å². The molecule has 0 radical (unpaired) electrons. The van der Waals surface area contributed by atoms with E-state index in [9.17, 15) is 0 Å². The minimum absolute atomic E-state index is 0.487. The number of hydrogen-bond acceptors (Lipinski definition) is 2. The van der Waals surface area contributed by atoms with Crippen LogP contribution >= 0.6 is 31.9 Å². The highest BCUT2D eigenvalue weighted by atomic mass is 79.9. The fourth-order valence-electron chi connectivity index (χ4n) is 3.25. The van der Waals surface area contributed by atoms with Gasteiger partial charge in [0.1, 0.15) is 11.5 Å². The van der Waals surface area contributed by atoms with Crippen LogP contribution in [0.2, 0.25) is 0 Å². The second-order valence-electron chi connectivity index (χ2n) is 4.63. The van der Waals surface area contributed by atoms with E-state index >= 15 is 0 Å². The Morgan fingerprint density at radius 1 is 0.941 bits per heavy atom. The fourth-order valence-corrected chi connectivity index (χ4v) is 4.95. The summed E-state index contributed by atoms with van der Waals surface area (Å²) in [4.78, 5) is 0.974. The highest BCUT2D eigenvalue weighted by molar-refractivity contribution is 9.12. The first-order valence-corrected chi connectivity index (χ1v) is 7.55. The first-order valence-electron chi connectivity index (χ1n) is 5.72. The molecule has 1 aromatic rings. The molecule has 2 bridgehead atoms. The Kier molecular flexibility index (Phi) is 2.90. The minimum Gasteiger partial charge on any atom is -0.496 e. The molecule has 17 heavy (non-hydrogen) atoms. The number of halogens is 2. The van der Waals surface area contributed by atoms with Crippen molar-refractivity contribution in [1.29, 1.82) is 0 Å². The first-order chi connectivity index (χ1) is 8.19. The van der Waals surface area contributed by atoms with Gasteiger partial charge in [0.15, 0.2) is 0 Å². The Hall–Kier alpha value is -0.220. The van der Waals surface area contributed by atoms with Gasteiger partial charge in [0.2, 0.25) is 0 Å². The summed E-state index contributed by atoms with van der Waals surface area (Å²) in [7, 11) is 3.48. The van der Waals surface area contributed by atoms with Gasteiger partial charge in [-0.05, 0) is 18.6 Å². The Morgan fingerprint density at radius 2 is 1.35 bits per heavy atom. The molecule has 2 aliphatic carbocycles. The molecule has 1 fully saturated rings. The van der Waals surface area contributed by atoms with Crippen LogP contribution in [0.15, 0.2) is 12.1 Å². The Balaban J connectivity index is 2.21. The van der Waals surface area contributed by atoms with Crippen molar-refractivity contribution in [2.45, 2.75) is 27.9 Å². The summed E-state index contributed by atoms with van der Waals surface area (Å²) in [6.45, 7) is 0. The highest BCUT2D eigenvalue weighted by Gasteiger charge is 2.51. The van der Waals surface area contributed by atoms with Crippen LogP contribution in [-0.4, -0.2) is 23.9 Å². The van der Waals surface area contributed by atoms with E-state index in [0.29, 0.717) is 21.5 Å². The Morgan fingerprint density at radius 3 is 1.71 bits per heavy atom. The number of rotatable bonds is 2. The van der Waals surface area contributed by atoms with Crippen LogP contribution in [-0.2, 0) is 0 Å². The monoisotopic (exact) mass is 360 g/mol. The van der Waals surface area contributed by atoms with Gasteiger partial charge in [-0.15, -0.1) is 0 Å². The normalized spacial score (nSPS) is 33.6. The molecule has 0 aliphatic heterocycles. The van der Waals surface area contributed by atoms with Crippen molar-refractivity contribution in [3.63, 3.8) is 0 Å². The van der Waals surface area contributed by atoms with Crippen molar-refractivity contribution < 1.29 is 9.47 Å². The van der Waals surface area contributed by atoms with Crippen LogP contribution in [0, 0.1) is 0 Å². The van der Waals surface area contributed by atoms with Gasteiger partial charge in [0.05, 0.1) is 14.2 Å². The van der Waals surface area contributed by atoms with Crippen LogP contribution in [0.3, 0.4) is 0 Å². The average Bonchev–Trinajstić information content (AvgIpc) is 2.87. The summed E-state index contributed by atoms with van der Waals surface area (Å²) in [6.07, 6.45) is 1.18. The molecule has 1 saturated carbocycles. The topological polar surface area (TPSA) is 18.5 Å². The second-order valence-corrected chi connectivity index (χ2v) is 6.75. The standard InChI is InChI=1S/C13H14Br2O2/c1-16-8-3-4-9(17-2)11-7-5-6(10(8)11)12(14)13(7)15/h3-4,6-7,12-13H,5H2,1-2H3/t6-,7+,12-,13+. The molecule has 4 atom stereocenters. The molecule has 0 saturated heterocycles. The van der Waals surface area contributed by atoms with E-state index in [4.69, 9.17) is 9.47 Å². The molecule has 3 rings (SSSR count).